The molecule has 2 amide bonds. The highest BCUT2D eigenvalue weighted by Crippen LogP contribution is 2.21. The predicted molar refractivity (Wildman–Crippen MR) is 127 cm³/mol. The molecule has 0 unspecified atom stereocenters. The van der Waals surface area contributed by atoms with Gasteiger partial charge in [-0.05, 0) is 60.5 Å². The van der Waals surface area contributed by atoms with Crippen LogP contribution < -0.4 is 10.1 Å². The van der Waals surface area contributed by atoms with Crippen LogP contribution in [0.3, 0.4) is 0 Å². The summed E-state index contributed by atoms with van der Waals surface area (Å²) in [6, 6.07) is 21.4. The molecule has 1 fully saturated rings. The fraction of sp³-hybridized carbons (Fsp3) is 0.308. The first-order valence-corrected chi connectivity index (χ1v) is 11.9. The van der Waals surface area contributed by atoms with Crippen molar-refractivity contribution in [1.82, 2.24) is 10.2 Å². The summed E-state index contributed by atoms with van der Waals surface area (Å²) in [6.07, 6.45) is 2.27. The van der Waals surface area contributed by atoms with E-state index in [0.29, 0.717) is 44.6 Å². The van der Waals surface area contributed by atoms with Gasteiger partial charge in [0.2, 0.25) is 5.91 Å². The van der Waals surface area contributed by atoms with Crippen molar-refractivity contribution in [2.45, 2.75) is 25.9 Å². The first-order valence-electron chi connectivity index (χ1n) is 11.1. The Morgan fingerprint density at radius 1 is 0.969 bits per heavy atom. The zero-order chi connectivity index (χ0) is 22.2. The number of amides is 2. The van der Waals surface area contributed by atoms with E-state index in [-0.39, 0.29) is 17.7 Å². The van der Waals surface area contributed by atoms with Gasteiger partial charge in [0.15, 0.2) is 0 Å². The number of nitrogens with zero attached hydrogens (tertiary/aromatic N) is 1. The van der Waals surface area contributed by atoms with E-state index >= 15 is 0 Å². The third-order valence-electron chi connectivity index (χ3n) is 5.75. The third-order valence-corrected chi connectivity index (χ3v) is 6.69. The van der Waals surface area contributed by atoms with Crippen LogP contribution in [0.5, 0.6) is 5.75 Å². The van der Waals surface area contributed by atoms with Crippen molar-refractivity contribution >= 4 is 23.2 Å². The summed E-state index contributed by atoms with van der Waals surface area (Å²) < 4.78 is 5.80. The molecule has 0 bridgehead atoms. The largest absolute Gasteiger partial charge is 0.489 e. The molecule has 4 rings (SSSR count). The van der Waals surface area contributed by atoms with Gasteiger partial charge in [-0.2, -0.15) is 0 Å². The number of thiophene rings is 1. The second-order valence-corrected chi connectivity index (χ2v) is 9.02. The van der Waals surface area contributed by atoms with Crippen LogP contribution in [0.1, 0.15) is 33.6 Å². The first-order chi connectivity index (χ1) is 15.7. The van der Waals surface area contributed by atoms with Crippen LogP contribution in [-0.4, -0.2) is 36.3 Å². The highest BCUT2D eigenvalue weighted by molar-refractivity contribution is 7.09. The fourth-order valence-electron chi connectivity index (χ4n) is 3.87. The van der Waals surface area contributed by atoms with E-state index < -0.39 is 0 Å². The van der Waals surface area contributed by atoms with E-state index in [1.54, 1.807) is 11.3 Å². The van der Waals surface area contributed by atoms with Gasteiger partial charge in [-0.1, -0.05) is 36.4 Å². The lowest BCUT2D eigenvalue weighted by Crippen LogP contribution is -2.43. The molecule has 1 N–H and O–H groups in total. The summed E-state index contributed by atoms with van der Waals surface area (Å²) in [6.45, 7) is 2.37. The molecule has 1 aliphatic heterocycles. The minimum atomic E-state index is -0.0175. The highest BCUT2D eigenvalue weighted by Gasteiger charge is 2.27. The topological polar surface area (TPSA) is 58.6 Å². The number of carbonyl (C=O) groups excluding carboxylic acids is 2. The number of piperidine rings is 1. The highest BCUT2D eigenvalue weighted by atomic mass is 32.1. The van der Waals surface area contributed by atoms with E-state index in [1.165, 1.54) is 4.88 Å². The lowest BCUT2D eigenvalue weighted by Gasteiger charge is -2.31. The van der Waals surface area contributed by atoms with Crippen molar-refractivity contribution < 1.29 is 14.3 Å². The minimum absolute atomic E-state index is 0.0103. The van der Waals surface area contributed by atoms with E-state index in [4.69, 9.17) is 4.74 Å². The summed E-state index contributed by atoms with van der Waals surface area (Å²) in [4.78, 5) is 28.4. The Labute approximate surface area is 193 Å². The molecule has 6 heteroatoms. The van der Waals surface area contributed by atoms with Crippen molar-refractivity contribution in [1.29, 1.82) is 0 Å². The monoisotopic (exact) mass is 448 g/mol. The maximum Gasteiger partial charge on any atom is 0.253 e. The molecule has 166 valence electrons. The third kappa shape index (κ3) is 5.98. The lowest BCUT2D eigenvalue weighted by atomic mass is 9.95. The summed E-state index contributed by atoms with van der Waals surface area (Å²) >= 11 is 1.71. The Hall–Kier alpha value is -3.12. The van der Waals surface area contributed by atoms with Gasteiger partial charge in [-0.15, -0.1) is 11.3 Å². The predicted octanol–water partition coefficient (Wildman–Crippen LogP) is 4.54. The molecule has 1 aliphatic rings. The van der Waals surface area contributed by atoms with Gasteiger partial charge in [0, 0.05) is 36.0 Å². The van der Waals surface area contributed by atoms with Gasteiger partial charge in [0.1, 0.15) is 12.4 Å². The minimum Gasteiger partial charge on any atom is -0.489 e. The van der Waals surface area contributed by atoms with Crippen LogP contribution in [0, 0.1) is 5.92 Å². The smallest absolute Gasteiger partial charge is 0.253 e. The zero-order valence-corrected chi connectivity index (χ0v) is 18.9. The standard InChI is InChI=1S/C26H28N2O3S/c29-25(27-15-12-24-7-4-18-32-24)21-13-16-28(17-14-21)26(30)22-8-10-23(11-9-22)31-19-20-5-2-1-3-6-20/h1-11,18,21H,12-17,19H2,(H,27,29). The maximum absolute atomic E-state index is 12.9. The van der Waals surface area contributed by atoms with E-state index in [0.717, 1.165) is 17.7 Å². The van der Waals surface area contributed by atoms with E-state index in [9.17, 15) is 9.59 Å². The molecule has 1 saturated heterocycles. The SMILES string of the molecule is O=C(NCCc1cccs1)C1CCN(C(=O)c2ccc(OCc3ccccc3)cc2)CC1. The molecule has 32 heavy (non-hydrogen) atoms. The molecule has 3 aromatic rings. The van der Waals surface area contributed by atoms with E-state index in [2.05, 4.69) is 16.8 Å². The molecule has 0 radical (unpaired) electrons. The van der Waals surface area contributed by atoms with Crippen molar-refractivity contribution in [3.63, 3.8) is 0 Å². The zero-order valence-electron chi connectivity index (χ0n) is 18.0. The molecular formula is C26H28N2O3S. The summed E-state index contributed by atoms with van der Waals surface area (Å²) in [7, 11) is 0. The fourth-order valence-corrected chi connectivity index (χ4v) is 4.58. The number of carbonyl (C=O) groups is 2. The Morgan fingerprint density at radius 2 is 1.72 bits per heavy atom. The van der Waals surface area contributed by atoms with Crippen LogP contribution in [0.2, 0.25) is 0 Å². The van der Waals surface area contributed by atoms with Gasteiger partial charge >= 0.3 is 0 Å². The number of ether oxygens (including phenoxy) is 1. The molecule has 0 atom stereocenters. The number of hydrogen-bond donors (Lipinski definition) is 1. The molecule has 2 aromatic carbocycles. The van der Waals surface area contributed by atoms with Gasteiger partial charge in [0.25, 0.3) is 5.91 Å². The molecular weight excluding hydrogens is 420 g/mol. The molecule has 2 heterocycles. The first kappa shape index (κ1) is 22.1. The molecule has 0 saturated carbocycles. The van der Waals surface area contributed by atoms with Crippen LogP contribution in [-0.2, 0) is 17.8 Å². The summed E-state index contributed by atoms with van der Waals surface area (Å²) in [5, 5.41) is 5.10. The average molecular weight is 449 g/mol. The second-order valence-electron chi connectivity index (χ2n) is 7.99. The number of benzene rings is 2. The lowest BCUT2D eigenvalue weighted by molar-refractivity contribution is -0.126. The van der Waals surface area contributed by atoms with Gasteiger partial charge < -0.3 is 15.0 Å². The van der Waals surface area contributed by atoms with Crippen molar-refractivity contribution in [3.05, 3.63) is 88.1 Å². The van der Waals surface area contributed by atoms with Crippen LogP contribution in [0.25, 0.3) is 0 Å². The van der Waals surface area contributed by atoms with Crippen LogP contribution >= 0.6 is 11.3 Å². The van der Waals surface area contributed by atoms with Crippen LogP contribution in [0.4, 0.5) is 0 Å². The molecule has 0 spiro atoms. The number of rotatable bonds is 8. The average Bonchev–Trinajstić information content (AvgIpc) is 3.37. The molecule has 5 nitrogen and oxygen atoms in total. The Kier molecular flexibility index (Phi) is 7.56. The molecule has 0 aliphatic carbocycles. The summed E-state index contributed by atoms with van der Waals surface area (Å²) in [5.41, 5.74) is 1.75. The Balaban J connectivity index is 1.21. The van der Waals surface area contributed by atoms with Crippen molar-refractivity contribution in [3.8, 4) is 5.75 Å². The Morgan fingerprint density at radius 3 is 2.41 bits per heavy atom. The van der Waals surface area contributed by atoms with Gasteiger partial charge in [0.05, 0.1) is 0 Å². The number of nitrogens with one attached hydrogen (secondary N) is 1. The van der Waals surface area contributed by atoms with Crippen LogP contribution in [0.15, 0.2) is 72.1 Å². The van der Waals surface area contributed by atoms with Gasteiger partial charge in [-0.25, -0.2) is 0 Å². The Bertz CT molecular complexity index is 995. The van der Waals surface area contributed by atoms with Crippen molar-refractivity contribution in [2.24, 2.45) is 5.92 Å². The second kappa shape index (κ2) is 11.0. The quantitative estimate of drug-likeness (QED) is 0.551. The number of likely N-dealkylation sites (tertiary alicyclic amines) is 1. The van der Waals surface area contributed by atoms with Crippen molar-refractivity contribution in [2.75, 3.05) is 19.6 Å². The summed E-state index contributed by atoms with van der Waals surface area (Å²) in [5.74, 6) is 0.837. The maximum atomic E-state index is 12.9. The number of hydrogen-bond acceptors (Lipinski definition) is 4. The van der Waals surface area contributed by atoms with Gasteiger partial charge in [-0.3, -0.25) is 9.59 Å². The van der Waals surface area contributed by atoms with E-state index in [1.807, 2.05) is 65.6 Å². The normalized spacial score (nSPS) is 14.2. The molecule has 1 aromatic heterocycles.